The molecule has 3 fully saturated rings. The van der Waals surface area contributed by atoms with Crippen LogP contribution in [0.3, 0.4) is 0 Å². The molecule has 0 unspecified atom stereocenters. The maximum Gasteiger partial charge on any atom is 0.237 e. The van der Waals surface area contributed by atoms with Gasteiger partial charge in [-0.1, -0.05) is 0 Å². The molecular weight excluding hydrogens is 284 g/mol. The van der Waals surface area contributed by atoms with Gasteiger partial charge in [0.25, 0.3) is 0 Å². The van der Waals surface area contributed by atoms with Gasteiger partial charge in [-0.2, -0.15) is 0 Å². The molecule has 2 aliphatic carbocycles. The van der Waals surface area contributed by atoms with Crippen LogP contribution in [0, 0.1) is 0 Å². The molecule has 3 aliphatic rings. The zero-order valence-corrected chi connectivity index (χ0v) is 13.3. The highest BCUT2D eigenvalue weighted by molar-refractivity contribution is 7.13. The van der Waals surface area contributed by atoms with Crippen LogP contribution in [0.15, 0.2) is 5.38 Å². The summed E-state index contributed by atoms with van der Waals surface area (Å²) in [4.78, 5) is 23.5. The first-order valence-electron chi connectivity index (χ1n) is 7.90. The van der Waals surface area contributed by atoms with Gasteiger partial charge in [0, 0.05) is 44.1 Å². The molecule has 0 radical (unpaired) electrons. The van der Waals surface area contributed by atoms with Crippen molar-refractivity contribution < 1.29 is 4.79 Å². The fraction of sp³-hybridized carbons (Fsp3) is 0.733. The van der Waals surface area contributed by atoms with E-state index in [9.17, 15) is 4.79 Å². The quantitative estimate of drug-likeness (QED) is 0.827. The van der Waals surface area contributed by atoms with Crippen molar-refractivity contribution in [3.8, 4) is 0 Å². The molecule has 2 saturated carbocycles. The van der Waals surface area contributed by atoms with Crippen LogP contribution in [0.2, 0.25) is 0 Å². The number of hydrogen-bond donors (Lipinski definition) is 0. The molecule has 0 spiro atoms. The molecule has 114 valence electrons. The van der Waals surface area contributed by atoms with Crippen LogP contribution in [0.5, 0.6) is 0 Å². The average molecular weight is 306 g/mol. The Hall–Kier alpha value is -1.14. The molecule has 5 nitrogen and oxygen atoms in total. The SMILES string of the molecule is CN(c1nc(CN2CCN(C3CC3)C(=O)C2)cs1)C1CC1. The molecule has 21 heavy (non-hydrogen) atoms. The topological polar surface area (TPSA) is 39.7 Å². The molecule has 0 N–H and O–H groups in total. The predicted octanol–water partition coefficient (Wildman–Crippen LogP) is 1.55. The molecule has 4 rings (SSSR count). The fourth-order valence-corrected chi connectivity index (χ4v) is 3.87. The Bertz CT molecular complexity index is 538. The number of thiazole rings is 1. The van der Waals surface area contributed by atoms with Gasteiger partial charge in [-0.05, 0) is 25.7 Å². The number of carbonyl (C=O) groups excluding carboxylic acids is 1. The third kappa shape index (κ3) is 2.92. The summed E-state index contributed by atoms with van der Waals surface area (Å²) >= 11 is 1.72. The van der Waals surface area contributed by atoms with Crippen LogP contribution >= 0.6 is 11.3 Å². The maximum absolute atomic E-state index is 12.1. The molecular formula is C15H22N4OS. The number of hydrogen-bond acceptors (Lipinski definition) is 5. The van der Waals surface area contributed by atoms with Gasteiger partial charge in [0.05, 0.1) is 12.2 Å². The Kier molecular flexibility index (Phi) is 3.38. The number of carbonyl (C=O) groups is 1. The highest BCUT2D eigenvalue weighted by Gasteiger charge is 2.35. The second-order valence-electron chi connectivity index (χ2n) is 6.49. The lowest BCUT2D eigenvalue weighted by Gasteiger charge is -2.34. The van der Waals surface area contributed by atoms with Crippen LogP contribution in [0.4, 0.5) is 5.13 Å². The normalized spacial score (nSPS) is 23.7. The number of rotatable bonds is 5. The van der Waals surface area contributed by atoms with E-state index in [2.05, 4.69) is 27.1 Å². The van der Waals surface area contributed by atoms with Crippen LogP contribution in [0.1, 0.15) is 31.4 Å². The molecule has 0 aromatic carbocycles. The van der Waals surface area contributed by atoms with Crippen LogP contribution < -0.4 is 4.90 Å². The minimum Gasteiger partial charge on any atom is -0.348 e. The van der Waals surface area contributed by atoms with Crippen molar-refractivity contribution in [3.63, 3.8) is 0 Å². The van der Waals surface area contributed by atoms with Gasteiger partial charge < -0.3 is 9.80 Å². The third-order valence-corrected chi connectivity index (χ3v) is 5.63. The molecule has 1 aromatic rings. The minimum absolute atomic E-state index is 0.300. The van der Waals surface area contributed by atoms with E-state index >= 15 is 0 Å². The van der Waals surface area contributed by atoms with Gasteiger partial charge >= 0.3 is 0 Å². The summed E-state index contributed by atoms with van der Waals surface area (Å²) < 4.78 is 0. The first kappa shape index (κ1) is 13.5. The van der Waals surface area contributed by atoms with Crippen molar-refractivity contribution in [2.45, 2.75) is 44.3 Å². The second kappa shape index (κ2) is 5.25. The summed E-state index contributed by atoms with van der Waals surface area (Å²) in [6, 6.07) is 1.25. The van der Waals surface area contributed by atoms with Gasteiger partial charge in [-0.25, -0.2) is 4.98 Å². The largest absolute Gasteiger partial charge is 0.348 e. The Balaban J connectivity index is 1.34. The smallest absolute Gasteiger partial charge is 0.237 e. The zero-order chi connectivity index (χ0) is 14.4. The first-order chi connectivity index (χ1) is 10.2. The number of aromatic nitrogens is 1. The molecule has 6 heteroatoms. The summed E-state index contributed by atoms with van der Waals surface area (Å²) in [7, 11) is 2.14. The summed E-state index contributed by atoms with van der Waals surface area (Å²) in [5.74, 6) is 0.300. The van der Waals surface area contributed by atoms with Crippen LogP contribution in [-0.4, -0.2) is 59.5 Å². The molecule has 1 aliphatic heterocycles. The van der Waals surface area contributed by atoms with E-state index in [-0.39, 0.29) is 0 Å². The summed E-state index contributed by atoms with van der Waals surface area (Å²) in [5, 5.41) is 3.27. The number of anilines is 1. The van der Waals surface area contributed by atoms with E-state index in [4.69, 9.17) is 4.98 Å². The van der Waals surface area contributed by atoms with Crippen molar-refractivity contribution in [3.05, 3.63) is 11.1 Å². The van der Waals surface area contributed by atoms with E-state index in [0.29, 0.717) is 24.5 Å². The molecule has 1 aromatic heterocycles. The number of nitrogens with zero attached hydrogens (tertiary/aromatic N) is 4. The lowest BCUT2D eigenvalue weighted by Crippen LogP contribution is -2.50. The molecule has 0 bridgehead atoms. The van der Waals surface area contributed by atoms with E-state index in [1.54, 1.807) is 11.3 Å². The minimum atomic E-state index is 0.300. The second-order valence-corrected chi connectivity index (χ2v) is 7.33. The first-order valence-corrected chi connectivity index (χ1v) is 8.78. The Morgan fingerprint density at radius 3 is 2.81 bits per heavy atom. The van der Waals surface area contributed by atoms with Gasteiger partial charge in [0.1, 0.15) is 0 Å². The molecule has 1 saturated heterocycles. The van der Waals surface area contributed by atoms with Crippen molar-refractivity contribution in [1.29, 1.82) is 0 Å². The van der Waals surface area contributed by atoms with Gasteiger partial charge in [-0.3, -0.25) is 9.69 Å². The predicted molar refractivity (Wildman–Crippen MR) is 83.6 cm³/mol. The summed E-state index contributed by atoms with van der Waals surface area (Å²) in [6.45, 7) is 3.23. The van der Waals surface area contributed by atoms with Crippen molar-refractivity contribution in [2.24, 2.45) is 0 Å². The summed E-state index contributed by atoms with van der Waals surface area (Å²) in [5.41, 5.74) is 1.11. The van der Waals surface area contributed by atoms with Crippen LogP contribution in [-0.2, 0) is 11.3 Å². The fourth-order valence-electron chi connectivity index (χ4n) is 3.02. The molecule has 0 atom stereocenters. The van der Waals surface area contributed by atoms with Gasteiger partial charge in [-0.15, -0.1) is 11.3 Å². The van der Waals surface area contributed by atoms with Gasteiger partial charge in [0.2, 0.25) is 5.91 Å². The highest BCUT2D eigenvalue weighted by atomic mass is 32.1. The Morgan fingerprint density at radius 1 is 1.33 bits per heavy atom. The highest BCUT2D eigenvalue weighted by Crippen LogP contribution is 2.32. The maximum atomic E-state index is 12.1. The van der Waals surface area contributed by atoms with Crippen LogP contribution in [0.25, 0.3) is 0 Å². The third-order valence-electron chi connectivity index (χ3n) is 4.65. The molecule has 2 heterocycles. The zero-order valence-electron chi connectivity index (χ0n) is 12.5. The van der Waals surface area contributed by atoms with Gasteiger partial charge in [0.15, 0.2) is 5.13 Å². The Morgan fingerprint density at radius 2 is 2.14 bits per heavy atom. The van der Waals surface area contributed by atoms with E-state index < -0.39 is 0 Å². The Labute approximate surface area is 129 Å². The molecule has 1 amide bonds. The number of piperazine rings is 1. The van der Waals surface area contributed by atoms with Crippen molar-refractivity contribution in [1.82, 2.24) is 14.8 Å². The van der Waals surface area contributed by atoms with E-state index in [0.717, 1.165) is 30.5 Å². The van der Waals surface area contributed by atoms with E-state index in [1.165, 1.54) is 25.7 Å². The lowest BCUT2D eigenvalue weighted by molar-refractivity contribution is -0.136. The van der Waals surface area contributed by atoms with Crippen molar-refractivity contribution in [2.75, 3.05) is 31.6 Å². The summed E-state index contributed by atoms with van der Waals surface area (Å²) in [6.07, 6.45) is 5.00. The standard InChI is InChI=1S/C15H22N4OS/c1-17(12-2-3-12)15-16-11(10-21-15)8-18-6-7-19(13-4-5-13)14(20)9-18/h10,12-13H,2-9H2,1H3. The number of amides is 1. The van der Waals surface area contributed by atoms with E-state index in [1.807, 2.05) is 0 Å². The van der Waals surface area contributed by atoms with Crippen molar-refractivity contribution >= 4 is 22.4 Å². The average Bonchev–Trinajstić information content (AvgIpc) is 3.37. The monoisotopic (exact) mass is 306 g/mol. The lowest BCUT2D eigenvalue weighted by atomic mass is 10.3.